The Labute approximate surface area is 175 Å². The normalized spacial score (nSPS) is 15.6. The third-order valence-corrected chi connectivity index (χ3v) is 6.32. The number of aryl methyl sites for hydroxylation is 3. The average molecular weight is 417 g/mol. The second-order valence-electron chi connectivity index (χ2n) is 8.20. The van der Waals surface area contributed by atoms with Crippen molar-refractivity contribution in [2.24, 2.45) is 7.05 Å². The van der Waals surface area contributed by atoms with E-state index >= 15 is 0 Å². The molecule has 1 aliphatic heterocycles. The van der Waals surface area contributed by atoms with E-state index in [-0.39, 0.29) is 11.2 Å². The van der Waals surface area contributed by atoms with Crippen LogP contribution in [-0.4, -0.2) is 60.8 Å². The molecule has 0 N–H and O–H groups in total. The van der Waals surface area contributed by atoms with Crippen molar-refractivity contribution >= 4 is 16.9 Å². The van der Waals surface area contributed by atoms with Crippen molar-refractivity contribution in [3.8, 4) is 0 Å². The Bertz CT molecular complexity index is 1180. The smallest absolute Gasteiger partial charge is 0.332 e. The molecule has 1 saturated heterocycles. The van der Waals surface area contributed by atoms with Crippen LogP contribution in [-0.2, 0) is 24.9 Å². The molecular weight excluding hydrogens is 384 g/mol. The number of rotatable bonds is 7. The first-order chi connectivity index (χ1) is 14.5. The third-order valence-electron chi connectivity index (χ3n) is 6.32. The third kappa shape index (κ3) is 3.39. The van der Waals surface area contributed by atoms with Crippen molar-refractivity contribution in [3.63, 3.8) is 0 Å². The standard InChI is InChI=1S/C21H32N6O3/c1-5-6-9-26-19(28)17-18(23(4)21(26)29)22-20-25(15(2)16(3)27(17)20)10-7-8-24-11-13-30-14-12-24/h5-14H2,1-4H3. The quantitative estimate of drug-likeness (QED) is 0.580. The lowest BCUT2D eigenvalue weighted by molar-refractivity contribution is 0.0369. The summed E-state index contributed by atoms with van der Waals surface area (Å²) in [6.07, 6.45) is 2.71. The molecule has 9 nitrogen and oxygen atoms in total. The summed E-state index contributed by atoms with van der Waals surface area (Å²) < 4.78 is 12.4. The monoisotopic (exact) mass is 416 g/mol. The Hall–Kier alpha value is -2.39. The molecule has 1 aliphatic rings. The predicted molar refractivity (Wildman–Crippen MR) is 116 cm³/mol. The molecule has 9 heteroatoms. The van der Waals surface area contributed by atoms with Gasteiger partial charge in [-0.1, -0.05) is 13.3 Å². The molecule has 1 fully saturated rings. The van der Waals surface area contributed by atoms with E-state index in [1.54, 1.807) is 7.05 Å². The van der Waals surface area contributed by atoms with E-state index < -0.39 is 0 Å². The van der Waals surface area contributed by atoms with Crippen molar-refractivity contribution in [1.29, 1.82) is 0 Å². The Kier molecular flexibility index (Phi) is 5.84. The number of fused-ring (bicyclic) bond motifs is 3. The van der Waals surface area contributed by atoms with Gasteiger partial charge in [-0.15, -0.1) is 0 Å². The Balaban J connectivity index is 1.76. The Morgan fingerprint density at radius 3 is 2.37 bits per heavy atom. The summed E-state index contributed by atoms with van der Waals surface area (Å²) in [6.45, 7) is 12.0. The van der Waals surface area contributed by atoms with Crippen LogP contribution in [0.5, 0.6) is 0 Å². The highest BCUT2D eigenvalue weighted by atomic mass is 16.5. The molecule has 0 atom stereocenters. The fourth-order valence-electron chi connectivity index (χ4n) is 4.37. The highest BCUT2D eigenvalue weighted by Gasteiger charge is 2.22. The molecule has 4 heterocycles. The minimum absolute atomic E-state index is 0.248. The second-order valence-corrected chi connectivity index (χ2v) is 8.20. The molecule has 0 amide bonds. The Morgan fingerprint density at radius 2 is 1.67 bits per heavy atom. The summed E-state index contributed by atoms with van der Waals surface area (Å²) in [7, 11) is 1.70. The van der Waals surface area contributed by atoms with Gasteiger partial charge in [-0.25, -0.2) is 4.79 Å². The van der Waals surface area contributed by atoms with Crippen LogP contribution >= 0.6 is 0 Å². The molecule has 3 aromatic rings. The van der Waals surface area contributed by atoms with Gasteiger partial charge < -0.3 is 9.30 Å². The van der Waals surface area contributed by atoms with Gasteiger partial charge in [-0.3, -0.25) is 23.2 Å². The van der Waals surface area contributed by atoms with Gasteiger partial charge in [0.25, 0.3) is 5.56 Å². The summed E-state index contributed by atoms with van der Waals surface area (Å²) in [5.41, 5.74) is 2.51. The molecule has 0 saturated carbocycles. The minimum Gasteiger partial charge on any atom is -0.379 e. The van der Waals surface area contributed by atoms with Crippen molar-refractivity contribution < 1.29 is 4.74 Å². The lowest BCUT2D eigenvalue weighted by Gasteiger charge is -2.26. The largest absolute Gasteiger partial charge is 0.379 e. The van der Waals surface area contributed by atoms with Gasteiger partial charge in [0.15, 0.2) is 11.2 Å². The number of hydrogen-bond acceptors (Lipinski definition) is 5. The van der Waals surface area contributed by atoms with Gasteiger partial charge in [0.1, 0.15) is 0 Å². The van der Waals surface area contributed by atoms with E-state index in [1.807, 2.05) is 11.3 Å². The number of aromatic nitrogens is 5. The van der Waals surface area contributed by atoms with Crippen LogP contribution in [0, 0.1) is 13.8 Å². The van der Waals surface area contributed by atoms with Gasteiger partial charge in [0.05, 0.1) is 13.2 Å². The molecule has 164 valence electrons. The number of morpholine rings is 1. The number of imidazole rings is 2. The molecule has 0 spiro atoms. The van der Waals surface area contributed by atoms with Crippen LogP contribution < -0.4 is 11.2 Å². The lowest BCUT2D eigenvalue weighted by atomic mass is 10.3. The zero-order valence-corrected chi connectivity index (χ0v) is 18.5. The van der Waals surface area contributed by atoms with E-state index in [0.717, 1.165) is 75.8 Å². The van der Waals surface area contributed by atoms with Crippen LogP contribution in [0.15, 0.2) is 9.59 Å². The second kappa shape index (κ2) is 8.39. The molecule has 0 aromatic carbocycles. The molecule has 0 bridgehead atoms. The molecular formula is C21H32N6O3. The van der Waals surface area contributed by atoms with Gasteiger partial charge in [0, 0.05) is 51.2 Å². The summed E-state index contributed by atoms with van der Waals surface area (Å²) in [5.74, 6) is 0.738. The first-order valence-electron chi connectivity index (χ1n) is 10.9. The maximum absolute atomic E-state index is 13.2. The highest BCUT2D eigenvalue weighted by Crippen LogP contribution is 2.21. The molecule has 0 unspecified atom stereocenters. The summed E-state index contributed by atoms with van der Waals surface area (Å²) in [6, 6.07) is 0. The minimum atomic E-state index is -0.296. The first-order valence-corrected chi connectivity index (χ1v) is 10.9. The number of unbranched alkanes of at least 4 members (excludes halogenated alkanes) is 1. The fourth-order valence-corrected chi connectivity index (χ4v) is 4.37. The molecule has 0 aliphatic carbocycles. The molecule has 30 heavy (non-hydrogen) atoms. The van der Waals surface area contributed by atoms with Gasteiger partial charge in [-0.2, -0.15) is 4.98 Å². The van der Waals surface area contributed by atoms with Crippen LogP contribution in [0.4, 0.5) is 0 Å². The van der Waals surface area contributed by atoms with E-state index in [4.69, 9.17) is 9.72 Å². The zero-order valence-electron chi connectivity index (χ0n) is 18.5. The van der Waals surface area contributed by atoms with Crippen LogP contribution in [0.2, 0.25) is 0 Å². The number of nitrogens with zero attached hydrogens (tertiary/aromatic N) is 6. The first kappa shape index (κ1) is 20.9. The highest BCUT2D eigenvalue weighted by molar-refractivity contribution is 5.76. The lowest BCUT2D eigenvalue weighted by Crippen LogP contribution is -2.39. The van der Waals surface area contributed by atoms with Crippen molar-refractivity contribution in [2.45, 2.75) is 53.1 Å². The Morgan fingerprint density at radius 1 is 0.967 bits per heavy atom. The van der Waals surface area contributed by atoms with E-state index in [9.17, 15) is 9.59 Å². The maximum atomic E-state index is 13.2. The SMILES string of the molecule is CCCCn1c(=O)c2c(nc3n(CCCN4CCOCC4)c(C)c(C)n23)n(C)c1=O. The van der Waals surface area contributed by atoms with Crippen molar-refractivity contribution in [2.75, 3.05) is 32.8 Å². The zero-order chi connectivity index (χ0) is 21.4. The summed E-state index contributed by atoms with van der Waals surface area (Å²) in [5, 5.41) is 0. The average Bonchev–Trinajstić information content (AvgIpc) is 3.24. The van der Waals surface area contributed by atoms with Gasteiger partial charge >= 0.3 is 5.69 Å². The van der Waals surface area contributed by atoms with Crippen molar-refractivity contribution in [1.82, 2.24) is 28.0 Å². The van der Waals surface area contributed by atoms with E-state index in [2.05, 4.69) is 23.3 Å². The maximum Gasteiger partial charge on any atom is 0.332 e. The number of hydrogen-bond donors (Lipinski definition) is 0. The van der Waals surface area contributed by atoms with Gasteiger partial charge in [-0.05, 0) is 26.7 Å². The fraction of sp³-hybridized carbons (Fsp3) is 0.667. The summed E-state index contributed by atoms with van der Waals surface area (Å²) in [4.78, 5) is 33.2. The van der Waals surface area contributed by atoms with Crippen molar-refractivity contribution in [3.05, 3.63) is 32.2 Å². The van der Waals surface area contributed by atoms with Crippen LogP contribution in [0.3, 0.4) is 0 Å². The molecule has 4 rings (SSSR count). The van der Waals surface area contributed by atoms with E-state index in [0.29, 0.717) is 17.7 Å². The predicted octanol–water partition coefficient (Wildman–Crippen LogP) is 1.29. The molecule has 0 radical (unpaired) electrons. The van der Waals surface area contributed by atoms with Crippen LogP contribution in [0.25, 0.3) is 16.9 Å². The number of ether oxygens (including phenoxy) is 1. The molecule has 3 aromatic heterocycles. The van der Waals surface area contributed by atoms with Gasteiger partial charge in [0.2, 0.25) is 5.78 Å². The van der Waals surface area contributed by atoms with E-state index in [1.165, 1.54) is 9.13 Å². The summed E-state index contributed by atoms with van der Waals surface area (Å²) >= 11 is 0. The van der Waals surface area contributed by atoms with Crippen LogP contribution in [0.1, 0.15) is 37.6 Å². The topological polar surface area (TPSA) is 78.7 Å².